The molecule has 15 nitrogen and oxygen atoms in total. The maximum absolute atomic E-state index is 14.2. The molecule has 3 rings (SSSR count). The van der Waals surface area contributed by atoms with E-state index < -0.39 is 84.0 Å². The van der Waals surface area contributed by atoms with Crippen LogP contribution in [0.25, 0.3) is 0 Å². The molecule has 0 spiro atoms. The molecule has 3 aliphatic heterocycles. The Kier molecular flexibility index (Phi) is 16.4. The highest BCUT2D eigenvalue weighted by Gasteiger charge is 2.58. The van der Waals surface area contributed by atoms with E-state index in [2.05, 4.69) is 12.2 Å². The molecule has 0 radical (unpaired) electrons. The van der Waals surface area contributed by atoms with E-state index in [0.29, 0.717) is 25.9 Å². The van der Waals surface area contributed by atoms with Gasteiger partial charge in [0.15, 0.2) is 24.1 Å². The van der Waals surface area contributed by atoms with Crippen LogP contribution in [0.3, 0.4) is 0 Å². The molecule has 3 fully saturated rings. The Morgan fingerprint density at radius 1 is 1.02 bits per heavy atom. The van der Waals surface area contributed by atoms with Gasteiger partial charge in [0.25, 0.3) is 0 Å². The van der Waals surface area contributed by atoms with E-state index in [4.69, 9.17) is 33.2 Å². The predicted molar refractivity (Wildman–Crippen MR) is 199 cm³/mol. The number of unbranched alkanes of at least 4 members (excludes halogenated alkanes) is 2. The number of likely N-dealkylation sites (N-methyl/N-ethyl adjacent to an activating group) is 2. The lowest BCUT2D eigenvalue weighted by molar-refractivity contribution is -0.301. The molecule has 0 bridgehead atoms. The molecular formula is C39H69N3O12. The fourth-order valence-electron chi connectivity index (χ4n) is 8.58. The van der Waals surface area contributed by atoms with E-state index in [1.54, 1.807) is 27.7 Å². The molecular weight excluding hydrogens is 702 g/mol. The van der Waals surface area contributed by atoms with Crippen molar-refractivity contribution < 1.29 is 57.4 Å². The molecule has 54 heavy (non-hydrogen) atoms. The van der Waals surface area contributed by atoms with Crippen LogP contribution in [0.15, 0.2) is 0 Å². The Balaban J connectivity index is 2.16. The highest BCUT2D eigenvalue weighted by molar-refractivity contribution is 5.74. The van der Waals surface area contributed by atoms with Gasteiger partial charge in [-0.1, -0.05) is 40.5 Å². The van der Waals surface area contributed by atoms with Gasteiger partial charge >= 0.3 is 24.2 Å². The number of carbonyl (C=O) groups excluding carboxylic acids is 4. The van der Waals surface area contributed by atoms with Crippen LogP contribution in [0, 0.1) is 17.8 Å². The standard InChI is InChI=1S/C39H69N3O12/c1-14-16-17-18-40-36(45)51-30-24(5)32(52-35-31(49-27(8)43)28(41(11)12)19-23(4)48-35)38(9,47)20-22(3)21-42(13)26(7)33-39(10,54-37(46)53-33)29(15-2)50-34(44)25(30)6/h22-26,28-33,35,47H,14-21H2,1-13H3,(H,40,45)/t22-,23-,24+,25-,26-,28+,29-,30+,31-,32-,33-,35+,38-,39-/m1/s1. The van der Waals surface area contributed by atoms with Crippen LogP contribution in [-0.4, -0.2) is 140 Å². The lowest BCUT2D eigenvalue weighted by atomic mass is 9.77. The topological polar surface area (TPSA) is 172 Å². The normalized spacial score (nSPS) is 40.0. The number of nitrogens with one attached hydrogen (secondary N) is 1. The van der Waals surface area contributed by atoms with Gasteiger partial charge in [-0.15, -0.1) is 0 Å². The van der Waals surface area contributed by atoms with Crippen LogP contribution >= 0.6 is 0 Å². The second-order valence-electron chi connectivity index (χ2n) is 16.6. The Morgan fingerprint density at radius 3 is 2.28 bits per heavy atom. The molecule has 3 aliphatic rings. The molecule has 14 atom stereocenters. The summed E-state index contributed by atoms with van der Waals surface area (Å²) in [5, 5.41) is 15.4. The molecule has 0 aromatic rings. The van der Waals surface area contributed by atoms with E-state index >= 15 is 0 Å². The Labute approximate surface area is 322 Å². The number of aliphatic hydroxyl groups is 1. The lowest BCUT2D eigenvalue weighted by Crippen LogP contribution is -2.60. The number of amides is 1. The van der Waals surface area contributed by atoms with Crippen molar-refractivity contribution in [3.63, 3.8) is 0 Å². The van der Waals surface area contributed by atoms with Crippen LogP contribution in [0.1, 0.15) is 108 Å². The molecule has 0 aliphatic carbocycles. The van der Waals surface area contributed by atoms with Crippen molar-refractivity contribution in [2.24, 2.45) is 17.8 Å². The van der Waals surface area contributed by atoms with Crippen molar-refractivity contribution in [1.29, 1.82) is 0 Å². The average molecular weight is 772 g/mol. The average Bonchev–Trinajstić information content (AvgIpc) is 3.39. The summed E-state index contributed by atoms with van der Waals surface area (Å²) in [7, 11) is 5.68. The second kappa shape index (κ2) is 19.4. The van der Waals surface area contributed by atoms with Gasteiger partial charge in [0.05, 0.1) is 29.8 Å². The molecule has 312 valence electrons. The van der Waals surface area contributed by atoms with E-state index in [9.17, 15) is 24.3 Å². The second-order valence-corrected chi connectivity index (χ2v) is 16.6. The Morgan fingerprint density at radius 2 is 1.69 bits per heavy atom. The maximum atomic E-state index is 14.2. The third-order valence-electron chi connectivity index (χ3n) is 11.5. The molecule has 3 saturated heterocycles. The van der Waals surface area contributed by atoms with Crippen LogP contribution in [0.5, 0.6) is 0 Å². The Bertz CT molecular complexity index is 1270. The van der Waals surface area contributed by atoms with Crippen LogP contribution < -0.4 is 5.32 Å². The summed E-state index contributed by atoms with van der Waals surface area (Å²) in [6.07, 6.45) is -4.10. The first-order valence-corrected chi connectivity index (χ1v) is 19.8. The molecule has 0 unspecified atom stereocenters. The van der Waals surface area contributed by atoms with Gasteiger partial charge < -0.3 is 48.5 Å². The minimum atomic E-state index is -1.60. The van der Waals surface area contributed by atoms with Gasteiger partial charge in [-0.2, -0.15) is 0 Å². The summed E-state index contributed by atoms with van der Waals surface area (Å²) in [6.45, 7) is 18.6. The van der Waals surface area contributed by atoms with E-state index in [-0.39, 0.29) is 30.5 Å². The number of cyclic esters (lactones) is 1. The number of fused-ring (bicyclic) bond motifs is 1. The van der Waals surface area contributed by atoms with Crippen LogP contribution in [0.4, 0.5) is 9.59 Å². The number of carbonyl (C=O) groups is 4. The number of esters is 2. The minimum Gasteiger partial charge on any atom is -0.458 e. The SMILES string of the molecule is CCCCCNC(=O)O[C@H]1[C@H](C)[C@@H](O[C@@H]2O[C@H](C)C[C@H](N(C)C)[C@H]2OC(C)=O)[C@](C)(O)C[C@@H](C)CN(C)[C@H](C)[C@H]2OC(=O)O[C@]2(C)[C@@H](CC)OC(=O)[C@@H]1C. The number of ether oxygens (including phenoxy) is 7. The molecule has 0 saturated carbocycles. The zero-order valence-corrected chi connectivity index (χ0v) is 34.9. The summed E-state index contributed by atoms with van der Waals surface area (Å²) in [4.78, 5) is 56.7. The first-order valence-electron chi connectivity index (χ1n) is 19.8. The first kappa shape index (κ1) is 45.7. The largest absolute Gasteiger partial charge is 0.509 e. The zero-order valence-electron chi connectivity index (χ0n) is 34.9. The smallest absolute Gasteiger partial charge is 0.458 e. The Hall–Kier alpha value is -2.72. The van der Waals surface area contributed by atoms with E-state index in [1.165, 1.54) is 6.92 Å². The minimum absolute atomic E-state index is 0.149. The van der Waals surface area contributed by atoms with Gasteiger partial charge in [-0.3, -0.25) is 14.5 Å². The van der Waals surface area contributed by atoms with E-state index in [0.717, 1.165) is 19.3 Å². The first-order chi connectivity index (χ1) is 25.2. The fraction of sp³-hybridized carbons (Fsp3) is 0.897. The van der Waals surface area contributed by atoms with Gasteiger partial charge in [0.1, 0.15) is 12.2 Å². The molecule has 15 heteroatoms. The highest BCUT2D eigenvalue weighted by Crippen LogP contribution is 2.40. The summed E-state index contributed by atoms with van der Waals surface area (Å²) < 4.78 is 42.8. The molecule has 2 N–H and O–H groups in total. The number of rotatable bonds is 10. The number of hydrogen-bond acceptors (Lipinski definition) is 14. The predicted octanol–water partition coefficient (Wildman–Crippen LogP) is 4.65. The maximum Gasteiger partial charge on any atom is 0.509 e. The van der Waals surface area contributed by atoms with Crippen molar-refractivity contribution in [2.45, 2.75) is 174 Å². The van der Waals surface area contributed by atoms with Crippen molar-refractivity contribution in [2.75, 3.05) is 34.2 Å². The van der Waals surface area contributed by atoms with Crippen molar-refractivity contribution in [3.05, 3.63) is 0 Å². The summed E-state index contributed by atoms with van der Waals surface area (Å²) in [6, 6.07) is -0.635. The molecule has 1 amide bonds. The number of nitrogens with zero attached hydrogens (tertiary/aromatic N) is 2. The van der Waals surface area contributed by atoms with Crippen LogP contribution in [-0.2, 0) is 42.7 Å². The molecule has 0 aromatic carbocycles. The van der Waals surface area contributed by atoms with Crippen LogP contribution in [0.2, 0.25) is 0 Å². The monoisotopic (exact) mass is 771 g/mol. The van der Waals surface area contributed by atoms with Gasteiger partial charge in [-0.05, 0) is 87.4 Å². The molecule has 3 heterocycles. The van der Waals surface area contributed by atoms with Gasteiger partial charge in [-0.25, -0.2) is 9.59 Å². The van der Waals surface area contributed by atoms with Gasteiger partial charge in [0, 0.05) is 32.0 Å². The summed E-state index contributed by atoms with van der Waals surface area (Å²) >= 11 is 0. The lowest BCUT2D eigenvalue weighted by Gasteiger charge is -2.47. The summed E-state index contributed by atoms with van der Waals surface area (Å²) in [5.74, 6) is -3.28. The quantitative estimate of drug-likeness (QED) is 0.179. The zero-order chi connectivity index (χ0) is 40.7. The van der Waals surface area contributed by atoms with Crippen molar-refractivity contribution in [3.8, 4) is 0 Å². The number of hydrogen-bond donors (Lipinski definition) is 2. The van der Waals surface area contributed by atoms with Crippen molar-refractivity contribution >= 4 is 24.2 Å². The fourth-order valence-corrected chi connectivity index (χ4v) is 8.58. The third-order valence-corrected chi connectivity index (χ3v) is 11.5. The number of alkyl carbamates (subject to hydrolysis) is 1. The highest BCUT2D eigenvalue weighted by atomic mass is 16.8. The van der Waals surface area contributed by atoms with E-state index in [1.807, 2.05) is 58.6 Å². The third kappa shape index (κ3) is 11.2. The van der Waals surface area contributed by atoms with Crippen molar-refractivity contribution in [1.82, 2.24) is 15.1 Å². The summed E-state index contributed by atoms with van der Waals surface area (Å²) in [5.41, 5.74) is -2.93. The molecule has 0 aromatic heterocycles. The van der Waals surface area contributed by atoms with Gasteiger partial charge in [0.2, 0.25) is 0 Å².